The first kappa shape index (κ1) is 15.0. The lowest BCUT2D eigenvalue weighted by Crippen LogP contribution is -2.00. The van der Waals surface area contributed by atoms with Crippen LogP contribution in [0.15, 0.2) is 30.9 Å². The number of hydrogen-bond donors (Lipinski definition) is 0. The molecule has 21 heavy (non-hydrogen) atoms. The summed E-state index contributed by atoms with van der Waals surface area (Å²) >= 11 is 0. The van der Waals surface area contributed by atoms with Gasteiger partial charge in [-0.25, -0.2) is 22.0 Å². The SMILES string of the molecule is C=CCOc1cc(F)c(-c2c(F)[c]c(F)cc2F)c(F)c1. The second-order valence-electron chi connectivity index (χ2n) is 4.02. The number of hydrogen-bond acceptors (Lipinski definition) is 1. The molecule has 2 aromatic rings. The highest BCUT2D eigenvalue weighted by atomic mass is 19.2. The number of rotatable bonds is 4. The van der Waals surface area contributed by atoms with Gasteiger partial charge in [-0.05, 0) is 0 Å². The molecule has 0 aliphatic heterocycles. The van der Waals surface area contributed by atoms with Crippen molar-refractivity contribution in [1.82, 2.24) is 0 Å². The van der Waals surface area contributed by atoms with Crippen LogP contribution in [-0.4, -0.2) is 6.61 Å². The Morgan fingerprint density at radius 1 is 0.952 bits per heavy atom. The van der Waals surface area contributed by atoms with E-state index >= 15 is 0 Å². The van der Waals surface area contributed by atoms with Gasteiger partial charge in [0.15, 0.2) is 0 Å². The fourth-order valence-corrected chi connectivity index (χ4v) is 1.75. The van der Waals surface area contributed by atoms with E-state index in [-0.39, 0.29) is 12.4 Å². The molecule has 2 rings (SSSR count). The highest BCUT2D eigenvalue weighted by Gasteiger charge is 2.22. The Balaban J connectivity index is 2.57. The largest absolute Gasteiger partial charge is 0.489 e. The highest BCUT2D eigenvalue weighted by molar-refractivity contribution is 5.67. The smallest absolute Gasteiger partial charge is 0.145 e. The minimum Gasteiger partial charge on any atom is -0.489 e. The molecule has 0 bridgehead atoms. The van der Waals surface area contributed by atoms with Gasteiger partial charge >= 0.3 is 0 Å². The van der Waals surface area contributed by atoms with Crippen LogP contribution in [0.2, 0.25) is 0 Å². The van der Waals surface area contributed by atoms with Crippen LogP contribution in [0.3, 0.4) is 0 Å². The average molecular weight is 299 g/mol. The Morgan fingerprint density at radius 3 is 2.05 bits per heavy atom. The van der Waals surface area contributed by atoms with E-state index in [1.54, 1.807) is 0 Å². The number of benzene rings is 2. The van der Waals surface area contributed by atoms with Crippen molar-refractivity contribution >= 4 is 0 Å². The van der Waals surface area contributed by atoms with Crippen molar-refractivity contribution in [1.29, 1.82) is 0 Å². The normalized spacial score (nSPS) is 10.5. The quantitative estimate of drug-likeness (QED) is 0.600. The van der Waals surface area contributed by atoms with Crippen molar-refractivity contribution in [2.24, 2.45) is 0 Å². The van der Waals surface area contributed by atoms with E-state index in [0.29, 0.717) is 6.07 Å². The lowest BCUT2D eigenvalue weighted by Gasteiger charge is -2.10. The lowest BCUT2D eigenvalue weighted by molar-refractivity contribution is 0.358. The summed E-state index contributed by atoms with van der Waals surface area (Å²) in [5, 5.41) is 0. The zero-order valence-corrected chi connectivity index (χ0v) is 10.5. The van der Waals surface area contributed by atoms with Crippen LogP contribution in [0.5, 0.6) is 5.75 Å². The zero-order chi connectivity index (χ0) is 15.6. The van der Waals surface area contributed by atoms with Crippen molar-refractivity contribution < 1.29 is 26.7 Å². The first-order chi connectivity index (χ1) is 9.93. The summed E-state index contributed by atoms with van der Waals surface area (Å²) in [7, 11) is 0. The van der Waals surface area contributed by atoms with Gasteiger partial charge < -0.3 is 4.74 Å². The van der Waals surface area contributed by atoms with Gasteiger partial charge in [-0.3, -0.25) is 0 Å². The molecule has 1 radical (unpaired) electrons. The summed E-state index contributed by atoms with van der Waals surface area (Å²) in [4.78, 5) is 0. The van der Waals surface area contributed by atoms with Crippen molar-refractivity contribution in [2.75, 3.05) is 6.61 Å². The molecule has 0 heterocycles. The van der Waals surface area contributed by atoms with E-state index in [9.17, 15) is 22.0 Å². The number of ether oxygens (including phenoxy) is 1. The third-order valence-electron chi connectivity index (χ3n) is 2.57. The van der Waals surface area contributed by atoms with Crippen LogP contribution >= 0.6 is 0 Å². The van der Waals surface area contributed by atoms with Crippen molar-refractivity contribution in [3.05, 3.63) is 66.0 Å². The molecule has 0 aliphatic rings. The molecule has 0 fully saturated rings. The summed E-state index contributed by atoms with van der Waals surface area (Å²) in [6, 6.07) is 3.36. The van der Waals surface area contributed by atoms with Crippen LogP contribution in [-0.2, 0) is 0 Å². The second-order valence-corrected chi connectivity index (χ2v) is 4.02. The molecule has 0 spiro atoms. The summed E-state index contributed by atoms with van der Waals surface area (Å²) in [5.41, 5.74) is -1.98. The minimum absolute atomic E-state index is 0.00523. The van der Waals surface area contributed by atoms with E-state index in [2.05, 4.69) is 6.58 Å². The van der Waals surface area contributed by atoms with Crippen LogP contribution in [0.4, 0.5) is 22.0 Å². The van der Waals surface area contributed by atoms with Gasteiger partial charge in [0.1, 0.15) is 41.4 Å². The van der Waals surface area contributed by atoms with Gasteiger partial charge in [-0.15, -0.1) is 0 Å². The molecule has 0 aliphatic carbocycles. The fourth-order valence-electron chi connectivity index (χ4n) is 1.75. The van der Waals surface area contributed by atoms with Gasteiger partial charge in [0.05, 0.1) is 17.2 Å². The molecule has 0 N–H and O–H groups in total. The molecule has 0 saturated carbocycles. The first-order valence-corrected chi connectivity index (χ1v) is 5.74. The van der Waals surface area contributed by atoms with Gasteiger partial charge in [0.2, 0.25) is 0 Å². The third kappa shape index (κ3) is 3.04. The van der Waals surface area contributed by atoms with Gasteiger partial charge in [0, 0.05) is 18.2 Å². The molecule has 0 saturated heterocycles. The molecule has 0 amide bonds. The predicted octanol–water partition coefficient (Wildman–Crippen LogP) is 4.41. The molecule has 6 heteroatoms. The van der Waals surface area contributed by atoms with E-state index in [1.165, 1.54) is 12.1 Å². The predicted molar refractivity (Wildman–Crippen MR) is 66.2 cm³/mol. The summed E-state index contributed by atoms with van der Waals surface area (Å²) < 4.78 is 72.6. The fraction of sp³-hybridized carbons (Fsp3) is 0.0667. The Hall–Kier alpha value is -2.37. The molecular formula is C15H8F5O. The van der Waals surface area contributed by atoms with Crippen LogP contribution in [0.25, 0.3) is 11.1 Å². The van der Waals surface area contributed by atoms with Crippen molar-refractivity contribution in [3.63, 3.8) is 0 Å². The number of halogens is 5. The summed E-state index contributed by atoms with van der Waals surface area (Å²) in [6.45, 7) is 3.37. The topological polar surface area (TPSA) is 9.23 Å². The van der Waals surface area contributed by atoms with Crippen LogP contribution in [0.1, 0.15) is 0 Å². The van der Waals surface area contributed by atoms with Gasteiger partial charge in [-0.1, -0.05) is 12.7 Å². The molecule has 109 valence electrons. The van der Waals surface area contributed by atoms with Gasteiger partial charge in [0.25, 0.3) is 0 Å². The molecule has 0 unspecified atom stereocenters. The van der Waals surface area contributed by atoms with E-state index in [0.717, 1.165) is 12.1 Å². The monoisotopic (exact) mass is 299 g/mol. The zero-order valence-electron chi connectivity index (χ0n) is 10.5. The Bertz CT molecular complexity index is 650. The summed E-state index contributed by atoms with van der Waals surface area (Å²) in [6.07, 6.45) is 1.36. The Labute approximate surface area is 117 Å². The van der Waals surface area contributed by atoms with Crippen molar-refractivity contribution in [3.8, 4) is 16.9 Å². The maximum Gasteiger partial charge on any atom is 0.145 e. The third-order valence-corrected chi connectivity index (χ3v) is 2.57. The Morgan fingerprint density at radius 2 is 1.52 bits per heavy atom. The molecule has 0 atom stereocenters. The average Bonchev–Trinajstić information content (AvgIpc) is 2.38. The summed E-state index contributed by atoms with van der Waals surface area (Å²) in [5.74, 6) is -6.91. The second kappa shape index (κ2) is 5.95. The van der Waals surface area contributed by atoms with Crippen LogP contribution in [0, 0.1) is 35.2 Å². The lowest BCUT2D eigenvalue weighted by atomic mass is 10.0. The molecule has 0 aromatic heterocycles. The molecule has 2 aromatic carbocycles. The minimum atomic E-state index is -1.52. The van der Waals surface area contributed by atoms with E-state index < -0.39 is 40.2 Å². The maximum absolute atomic E-state index is 13.9. The maximum atomic E-state index is 13.9. The molecule has 1 nitrogen and oxygen atoms in total. The first-order valence-electron chi connectivity index (χ1n) is 5.74. The van der Waals surface area contributed by atoms with E-state index in [1.807, 2.05) is 0 Å². The van der Waals surface area contributed by atoms with Gasteiger partial charge in [-0.2, -0.15) is 0 Å². The highest BCUT2D eigenvalue weighted by Crippen LogP contribution is 2.33. The van der Waals surface area contributed by atoms with Crippen LogP contribution < -0.4 is 4.74 Å². The standard InChI is InChI=1S/C15H8F5O/c1-2-3-21-9-6-12(19)15(13(20)7-9)14-10(17)4-8(16)5-11(14)18/h2,4,6-7H,1,3H2. The van der Waals surface area contributed by atoms with E-state index in [4.69, 9.17) is 4.74 Å². The van der Waals surface area contributed by atoms with Crippen molar-refractivity contribution in [2.45, 2.75) is 0 Å². The Kier molecular flexibility index (Phi) is 4.26. The molecular weight excluding hydrogens is 291 g/mol.